The molecule has 1 amide bonds. The van der Waals surface area contributed by atoms with Gasteiger partial charge < -0.3 is 10.6 Å². The Morgan fingerprint density at radius 3 is 2.82 bits per heavy atom. The van der Waals surface area contributed by atoms with Crippen molar-refractivity contribution in [3.8, 4) is 0 Å². The molecule has 1 fully saturated rings. The van der Waals surface area contributed by atoms with Gasteiger partial charge in [-0.25, -0.2) is 0 Å². The molecule has 4 atom stereocenters. The van der Waals surface area contributed by atoms with Crippen LogP contribution in [0.1, 0.15) is 33.1 Å². The van der Waals surface area contributed by atoms with E-state index in [9.17, 15) is 4.79 Å². The quantitative estimate of drug-likeness (QED) is 0.689. The smallest absolute Gasteiger partial charge is 0.236 e. The zero-order chi connectivity index (χ0) is 12.3. The van der Waals surface area contributed by atoms with Gasteiger partial charge in [-0.15, -0.1) is 0 Å². The van der Waals surface area contributed by atoms with E-state index in [0.29, 0.717) is 0 Å². The molecular formula is C14H24N2O. The van der Waals surface area contributed by atoms with Crippen LogP contribution in [0, 0.1) is 17.8 Å². The maximum absolute atomic E-state index is 11.7. The monoisotopic (exact) mass is 236 g/mol. The van der Waals surface area contributed by atoms with Gasteiger partial charge >= 0.3 is 0 Å². The lowest BCUT2D eigenvalue weighted by atomic mass is 9.93. The first-order valence-electron chi connectivity index (χ1n) is 6.90. The molecule has 17 heavy (non-hydrogen) atoms. The molecule has 0 heterocycles. The first-order valence-corrected chi connectivity index (χ1v) is 6.90. The standard InChI is InChI=1S/C14H24N2O/c1-3-6-15-14(17)10(2)16-9-13-8-11-4-5-12(13)7-11/h4-5,10-13,16H,3,6-9H2,1-2H3,(H,15,17). The second kappa shape index (κ2) is 5.67. The fourth-order valence-electron chi connectivity index (χ4n) is 2.95. The van der Waals surface area contributed by atoms with E-state index >= 15 is 0 Å². The highest BCUT2D eigenvalue weighted by Gasteiger charge is 2.35. The van der Waals surface area contributed by atoms with Crippen LogP contribution < -0.4 is 10.6 Å². The van der Waals surface area contributed by atoms with Crippen molar-refractivity contribution in [2.24, 2.45) is 17.8 Å². The molecule has 4 unspecified atom stereocenters. The first kappa shape index (κ1) is 12.6. The van der Waals surface area contributed by atoms with Crippen LogP contribution in [0.4, 0.5) is 0 Å². The number of carbonyl (C=O) groups is 1. The van der Waals surface area contributed by atoms with Crippen LogP contribution in [-0.4, -0.2) is 25.0 Å². The van der Waals surface area contributed by atoms with Gasteiger partial charge in [0.25, 0.3) is 0 Å². The highest BCUT2D eigenvalue weighted by atomic mass is 16.2. The molecule has 0 aliphatic heterocycles. The highest BCUT2D eigenvalue weighted by Crippen LogP contribution is 2.42. The molecule has 0 spiro atoms. The minimum Gasteiger partial charge on any atom is -0.355 e. The zero-order valence-corrected chi connectivity index (χ0v) is 10.9. The lowest BCUT2D eigenvalue weighted by Gasteiger charge is -2.21. The normalized spacial score (nSPS) is 31.8. The minimum absolute atomic E-state index is 0.0651. The van der Waals surface area contributed by atoms with Crippen molar-refractivity contribution in [2.45, 2.75) is 39.2 Å². The number of hydrogen-bond acceptors (Lipinski definition) is 2. The van der Waals surface area contributed by atoms with Crippen molar-refractivity contribution < 1.29 is 4.79 Å². The Balaban J connectivity index is 1.68. The van der Waals surface area contributed by atoms with E-state index in [4.69, 9.17) is 0 Å². The van der Waals surface area contributed by atoms with Crippen molar-refractivity contribution in [2.75, 3.05) is 13.1 Å². The molecule has 0 aromatic carbocycles. The molecule has 0 aromatic rings. The largest absolute Gasteiger partial charge is 0.355 e. The number of amides is 1. The topological polar surface area (TPSA) is 41.1 Å². The summed E-state index contributed by atoms with van der Waals surface area (Å²) < 4.78 is 0. The summed E-state index contributed by atoms with van der Waals surface area (Å²) in [5, 5.41) is 6.30. The third-order valence-electron chi connectivity index (χ3n) is 4.05. The van der Waals surface area contributed by atoms with Gasteiger partial charge in [-0.05, 0) is 50.5 Å². The van der Waals surface area contributed by atoms with Crippen molar-refractivity contribution >= 4 is 5.91 Å². The molecular weight excluding hydrogens is 212 g/mol. The van der Waals surface area contributed by atoms with E-state index in [-0.39, 0.29) is 11.9 Å². The summed E-state index contributed by atoms with van der Waals surface area (Å²) in [6, 6.07) is -0.0651. The van der Waals surface area contributed by atoms with E-state index in [1.165, 1.54) is 12.8 Å². The van der Waals surface area contributed by atoms with Crippen molar-refractivity contribution in [1.29, 1.82) is 0 Å². The number of carbonyl (C=O) groups excluding carboxylic acids is 1. The molecule has 0 aromatic heterocycles. The first-order chi connectivity index (χ1) is 8.20. The summed E-state index contributed by atoms with van der Waals surface area (Å²) in [4.78, 5) is 11.7. The van der Waals surface area contributed by atoms with Crippen LogP contribution in [0.3, 0.4) is 0 Å². The zero-order valence-electron chi connectivity index (χ0n) is 10.9. The average molecular weight is 236 g/mol. The minimum atomic E-state index is -0.0651. The van der Waals surface area contributed by atoms with E-state index in [1.807, 2.05) is 6.92 Å². The second-order valence-corrected chi connectivity index (χ2v) is 5.46. The van der Waals surface area contributed by atoms with Crippen molar-refractivity contribution in [3.63, 3.8) is 0 Å². The molecule has 2 aliphatic rings. The van der Waals surface area contributed by atoms with Crippen LogP contribution >= 0.6 is 0 Å². The van der Waals surface area contributed by atoms with Gasteiger partial charge in [0.15, 0.2) is 0 Å². The number of hydrogen-bond donors (Lipinski definition) is 2. The third kappa shape index (κ3) is 3.09. The van der Waals surface area contributed by atoms with Crippen LogP contribution in [0.5, 0.6) is 0 Å². The Bertz CT molecular complexity index is 301. The fraction of sp³-hybridized carbons (Fsp3) is 0.786. The third-order valence-corrected chi connectivity index (χ3v) is 4.05. The predicted molar refractivity (Wildman–Crippen MR) is 69.6 cm³/mol. The molecule has 2 aliphatic carbocycles. The molecule has 2 N–H and O–H groups in total. The van der Waals surface area contributed by atoms with Crippen molar-refractivity contribution in [1.82, 2.24) is 10.6 Å². The van der Waals surface area contributed by atoms with Gasteiger partial charge in [-0.3, -0.25) is 4.79 Å². The molecule has 3 heteroatoms. The Labute approximate surface area is 104 Å². The number of nitrogens with one attached hydrogen (secondary N) is 2. The Morgan fingerprint density at radius 1 is 1.41 bits per heavy atom. The Hall–Kier alpha value is -0.830. The fourth-order valence-corrected chi connectivity index (χ4v) is 2.95. The van der Waals surface area contributed by atoms with Gasteiger partial charge in [-0.2, -0.15) is 0 Å². The van der Waals surface area contributed by atoms with E-state index in [2.05, 4.69) is 29.7 Å². The van der Waals surface area contributed by atoms with E-state index < -0.39 is 0 Å². The van der Waals surface area contributed by atoms with E-state index in [0.717, 1.165) is 37.3 Å². The lowest BCUT2D eigenvalue weighted by molar-refractivity contribution is -0.122. The van der Waals surface area contributed by atoms with Crippen LogP contribution in [0.2, 0.25) is 0 Å². The van der Waals surface area contributed by atoms with Gasteiger partial charge in [0, 0.05) is 6.54 Å². The van der Waals surface area contributed by atoms with Crippen molar-refractivity contribution in [3.05, 3.63) is 12.2 Å². The summed E-state index contributed by atoms with van der Waals surface area (Å²) >= 11 is 0. The SMILES string of the molecule is CCCNC(=O)C(C)NCC1CC2C=CC1C2. The molecule has 2 rings (SSSR count). The maximum atomic E-state index is 11.7. The summed E-state index contributed by atoms with van der Waals surface area (Å²) in [5.74, 6) is 2.45. The molecule has 0 radical (unpaired) electrons. The summed E-state index contributed by atoms with van der Waals surface area (Å²) in [5.41, 5.74) is 0. The second-order valence-electron chi connectivity index (χ2n) is 5.46. The highest BCUT2D eigenvalue weighted by molar-refractivity contribution is 5.81. The molecule has 0 saturated heterocycles. The lowest BCUT2D eigenvalue weighted by Crippen LogP contribution is -2.44. The molecule has 3 nitrogen and oxygen atoms in total. The molecule has 1 saturated carbocycles. The Kier molecular flexibility index (Phi) is 4.21. The van der Waals surface area contributed by atoms with Gasteiger partial charge in [-0.1, -0.05) is 19.1 Å². The van der Waals surface area contributed by atoms with Gasteiger partial charge in [0.05, 0.1) is 6.04 Å². The molecule has 96 valence electrons. The molecule has 2 bridgehead atoms. The maximum Gasteiger partial charge on any atom is 0.236 e. The number of fused-ring (bicyclic) bond motifs is 2. The Morgan fingerprint density at radius 2 is 2.24 bits per heavy atom. The number of rotatable bonds is 6. The van der Waals surface area contributed by atoms with E-state index in [1.54, 1.807) is 0 Å². The summed E-state index contributed by atoms with van der Waals surface area (Å²) in [7, 11) is 0. The average Bonchev–Trinajstić information content (AvgIpc) is 2.94. The predicted octanol–water partition coefficient (Wildman–Crippen LogP) is 1.70. The van der Waals surface area contributed by atoms with Gasteiger partial charge in [0.1, 0.15) is 0 Å². The number of allylic oxidation sites excluding steroid dienone is 2. The van der Waals surface area contributed by atoms with Crippen LogP contribution in [-0.2, 0) is 4.79 Å². The van der Waals surface area contributed by atoms with Crippen LogP contribution in [0.15, 0.2) is 12.2 Å². The summed E-state index contributed by atoms with van der Waals surface area (Å²) in [6.07, 6.45) is 8.36. The van der Waals surface area contributed by atoms with Gasteiger partial charge in [0.2, 0.25) is 5.91 Å². The van der Waals surface area contributed by atoms with Crippen LogP contribution in [0.25, 0.3) is 0 Å². The summed E-state index contributed by atoms with van der Waals surface area (Å²) in [6.45, 7) is 5.78.